The predicted octanol–water partition coefficient (Wildman–Crippen LogP) is 4.12. The number of carbonyl (C=O) groups excluding carboxylic acids is 2. The van der Waals surface area contributed by atoms with Gasteiger partial charge in [0.15, 0.2) is 0 Å². The third kappa shape index (κ3) is 3.58. The number of rotatable bonds is 5. The van der Waals surface area contributed by atoms with Crippen LogP contribution < -0.4 is 4.74 Å². The van der Waals surface area contributed by atoms with Gasteiger partial charge in [0.05, 0.1) is 17.0 Å². The molecule has 1 N–H and O–H groups in total. The number of carbonyl (C=O) groups is 2. The first-order valence-electron chi connectivity index (χ1n) is 9.07. The zero-order chi connectivity index (χ0) is 20.3. The van der Waals surface area contributed by atoms with Gasteiger partial charge in [0, 0.05) is 0 Å². The van der Waals surface area contributed by atoms with E-state index in [-0.39, 0.29) is 17.7 Å². The smallest absolute Gasteiger partial charge is 0.456 e. The van der Waals surface area contributed by atoms with Crippen molar-refractivity contribution in [2.45, 2.75) is 11.7 Å². The number of hydrogen-bond acceptors (Lipinski definition) is 6. The maximum Gasteiger partial charge on any atom is 0.511 e. The first-order valence-corrected chi connectivity index (χ1v) is 9.07. The van der Waals surface area contributed by atoms with E-state index in [0.29, 0.717) is 17.8 Å². The van der Waals surface area contributed by atoms with Crippen molar-refractivity contribution in [1.82, 2.24) is 0 Å². The van der Waals surface area contributed by atoms with Crippen LogP contribution in [0.1, 0.15) is 22.6 Å². The van der Waals surface area contributed by atoms with Crippen LogP contribution in [0.3, 0.4) is 0 Å². The molecular weight excluding hydrogens is 372 g/mol. The minimum atomic E-state index is -2.08. The van der Waals surface area contributed by atoms with E-state index in [1.807, 2.05) is 6.07 Å². The summed E-state index contributed by atoms with van der Waals surface area (Å²) in [5.74, 6) is -1.97. The summed E-state index contributed by atoms with van der Waals surface area (Å²) in [6.07, 6.45) is -0.391. The summed E-state index contributed by atoms with van der Waals surface area (Å²) in [7, 11) is 0. The number of hydrogen-bond donors (Lipinski definition) is 1. The standard InChI is InChI=1S/C23H18O6/c24-14-17(16-8-2-1-3-9-16)15-27-22(25)29-23(26)18-10-4-6-12-20(18)28-21-13-7-5-11-19(21)23/h1-14,17,26H,15H2. The van der Waals surface area contributed by atoms with Crippen LogP contribution in [0.4, 0.5) is 4.79 Å². The largest absolute Gasteiger partial charge is 0.511 e. The second-order valence-electron chi connectivity index (χ2n) is 6.55. The molecule has 4 rings (SSSR count). The molecule has 0 saturated carbocycles. The fraction of sp³-hybridized carbons (Fsp3) is 0.130. The van der Waals surface area contributed by atoms with Crippen molar-refractivity contribution in [3.63, 3.8) is 0 Å². The van der Waals surface area contributed by atoms with Crippen LogP contribution in [0.2, 0.25) is 0 Å². The molecule has 29 heavy (non-hydrogen) atoms. The molecule has 0 aromatic heterocycles. The minimum Gasteiger partial charge on any atom is -0.456 e. The van der Waals surface area contributed by atoms with Crippen LogP contribution in [-0.2, 0) is 20.1 Å². The van der Waals surface area contributed by atoms with E-state index < -0.39 is 17.9 Å². The molecule has 3 aromatic rings. The molecule has 6 nitrogen and oxygen atoms in total. The SMILES string of the molecule is O=CC(COC(=O)OC1(O)c2ccccc2Oc2ccccc21)c1ccccc1. The van der Waals surface area contributed by atoms with Gasteiger partial charge in [0.2, 0.25) is 0 Å². The number of benzene rings is 3. The van der Waals surface area contributed by atoms with Crippen LogP contribution in [0.15, 0.2) is 78.9 Å². The summed E-state index contributed by atoms with van der Waals surface area (Å²) in [5, 5.41) is 11.3. The quantitative estimate of drug-likeness (QED) is 0.401. The lowest BCUT2D eigenvalue weighted by molar-refractivity contribution is -0.158. The van der Waals surface area contributed by atoms with Gasteiger partial charge in [-0.15, -0.1) is 0 Å². The topological polar surface area (TPSA) is 82.1 Å². The van der Waals surface area contributed by atoms with Crippen LogP contribution in [0, 0.1) is 0 Å². The molecule has 146 valence electrons. The Balaban J connectivity index is 1.56. The second kappa shape index (κ2) is 7.77. The summed E-state index contributed by atoms with van der Waals surface area (Å²) < 4.78 is 16.3. The van der Waals surface area contributed by atoms with Gasteiger partial charge >= 0.3 is 6.16 Å². The number of aldehydes is 1. The average Bonchev–Trinajstić information content (AvgIpc) is 2.75. The highest BCUT2D eigenvalue weighted by Crippen LogP contribution is 2.47. The molecule has 1 aliphatic rings. The van der Waals surface area contributed by atoms with Crippen molar-refractivity contribution >= 4 is 12.4 Å². The van der Waals surface area contributed by atoms with E-state index in [1.165, 1.54) is 0 Å². The first kappa shape index (κ1) is 18.7. The van der Waals surface area contributed by atoms with E-state index in [1.54, 1.807) is 72.8 Å². The molecule has 1 aliphatic heterocycles. The van der Waals surface area contributed by atoms with Crippen LogP contribution >= 0.6 is 0 Å². The van der Waals surface area contributed by atoms with E-state index in [0.717, 1.165) is 5.56 Å². The molecule has 0 aliphatic carbocycles. The highest BCUT2D eigenvalue weighted by molar-refractivity contribution is 5.66. The highest BCUT2D eigenvalue weighted by atomic mass is 16.8. The van der Waals surface area contributed by atoms with Gasteiger partial charge in [0.25, 0.3) is 5.79 Å². The molecule has 0 saturated heterocycles. The van der Waals surface area contributed by atoms with Crippen molar-refractivity contribution in [1.29, 1.82) is 0 Å². The van der Waals surface area contributed by atoms with Crippen molar-refractivity contribution < 1.29 is 28.9 Å². The fourth-order valence-electron chi connectivity index (χ4n) is 3.27. The average molecular weight is 390 g/mol. The Morgan fingerprint density at radius 3 is 2.07 bits per heavy atom. The molecule has 0 fully saturated rings. The molecule has 0 bridgehead atoms. The summed E-state index contributed by atoms with van der Waals surface area (Å²) in [4.78, 5) is 23.8. The molecule has 3 aromatic carbocycles. The Morgan fingerprint density at radius 2 is 1.48 bits per heavy atom. The van der Waals surface area contributed by atoms with Crippen LogP contribution in [0.5, 0.6) is 11.5 Å². The van der Waals surface area contributed by atoms with E-state index in [2.05, 4.69) is 0 Å². The Kier molecular flexibility index (Phi) is 5.01. The maximum absolute atomic E-state index is 12.4. The summed E-state index contributed by atoms with van der Waals surface area (Å²) in [5.41, 5.74) is 1.28. The molecule has 1 atom stereocenters. The number of para-hydroxylation sites is 2. The Morgan fingerprint density at radius 1 is 0.931 bits per heavy atom. The van der Waals surface area contributed by atoms with Gasteiger partial charge in [-0.2, -0.15) is 0 Å². The summed E-state index contributed by atoms with van der Waals surface area (Å²) in [6.45, 7) is -0.206. The second-order valence-corrected chi connectivity index (χ2v) is 6.55. The Bertz CT molecular complexity index is 985. The van der Waals surface area contributed by atoms with E-state index in [4.69, 9.17) is 14.2 Å². The maximum atomic E-state index is 12.4. The fourth-order valence-corrected chi connectivity index (χ4v) is 3.27. The Hall–Kier alpha value is -3.64. The van der Waals surface area contributed by atoms with Crippen LogP contribution in [-0.4, -0.2) is 24.2 Å². The van der Waals surface area contributed by atoms with Crippen molar-refractivity contribution in [3.05, 3.63) is 95.6 Å². The van der Waals surface area contributed by atoms with Gasteiger partial charge in [-0.05, 0) is 29.8 Å². The molecule has 6 heteroatoms. The normalized spacial score (nSPS) is 14.5. The minimum absolute atomic E-state index is 0.206. The molecule has 0 radical (unpaired) electrons. The zero-order valence-electron chi connectivity index (χ0n) is 15.4. The van der Waals surface area contributed by atoms with E-state index >= 15 is 0 Å². The molecule has 0 amide bonds. The molecule has 0 spiro atoms. The molecular formula is C23H18O6. The lowest BCUT2D eigenvalue weighted by Crippen LogP contribution is -2.36. The first-order chi connectivity index (χ1) is 14.1. The van der Waals surface area contributed by atoms with Gasteiger partial charge in [-0.25, -0.2) is 4.79 Å². The van der Waals surface area contributed by atoms with Crippen molar-refractivity contribution in [2.75, 3.05) is 6.61 Å². The number of aliphatic hydroxyl groups is 1. The lowest BCUT2D eigenvalue weighted by atomic mass is 9.93. The predicted molar refractivity (Wildman–Crippen MR) is 104 cm³/mol. The van der Waals surface area contributed by atoms with Crippen molar-refractivity contribution in [3.8, 4) is 11.5 Å². The number of ether oxygens (including phenoxy) is 3. The van der Waals surface area contributed by atoms with Gasteiger partial charge in [-0.1, -0.05) is 54.6 Å². The zero-order valence-corrected chi connectivity index (χ0v) is 15.4. The lowest BCUT2D eigenvalue weighted by Gasteiger charge is -2.34. The van der Waals surface area contributed by atoms with Gasteiger partial charge < -0.3 is 24.1 Å². The third-order valence-electron chi connectivity index (χ3n) is 4.73. The summed E-state index contributed by atoms with van der Waals surface area (Å²) in [6, 6.07) is 22.4. The third-order valence-corrected chi connectivity index (χ3v) is 4.73. The Labute approximate surface area is 167 Å². The monoisotopic (exact) mass is 390 g/mol. The van der Waals surface area contributed by atoms with Gasteiger partial charge in [0.1, 0.15) is 24.4 Å². The summed E-state index contributed by atoms with van der Waals surface area (Å²) >= 11 is 0. The number of fused-ring (bicyclic) bond motifs is 2. The molecule has 1 heterocycles. The van der Waals surface area contributed by atoms with E-state index in [9.17, 15) is 14.7 Å². The van der Waals surface area contributed by atoms with Crippen molar-refractivity contribution in [2.24, 2.45) is 0 Å². The molecule has 1 unspecified atom stereocenters. The van der Waals surface area contributed by atoms with Gasteiger partial charge in [-0.3, -0.25) is 0 Å². The van der Waals surface area contributed by atoms with Crippen LogP contribution in [0.25, 0.3) is 0 Å². The highest BCUT2D eigenvalue weighted by Gasteiger charge is 2.44.